The molecule has 3 aromatic carbocycles. The number of hydrogen-bond donors (Lipinski definition) is 0. The molecular formula is C16H11NO2. The van der Waals surface area contributed by atoms with E-state index in [9.17, 15) is 10.1 Å². The van der Waals surface area contributed by atoms with E-state index in [0.29, 0.717) is 0 Å². The van der Waals surface area contributed by atoms with Crippen LogP contribution in [0.15, 0.2) is 66.7 Å². The number of nitrogens with zero attached hydrogens (tertiary/aromatic N) is 1. The van der Waals surface area contributed by atoms with E-state index < -0.39 is 0 Å². The molecule has 0 radical (unpaired) electrons. The van der Waals surface area contributed by atoms with Crippen molar-refractivity contribution in [3.63, 3.8) is 0 Å². The van der Waals surface area contributed by atoms with Crippen molar-refractivity contribution in [2.75, 3.05) is 0 Å². The summed E-state index contributed by atoms with van der Waals surface area (Å²) in [5.74, 6) is 0. The van der Waals surface area contributed by atoms with Gasteiger partial charge in [-0.15, -0.1) is 0 Å². The third kappa shape index (κ3) is 2.18. The van der Waals surface area contributed by atoms with Crippen molar-refractivity contribution in [1.82, 2.24) is 0 Å². The molecule has 0 bridgehead atoms. The summed E-state index contributed by atoms with van der Waals surface area (Å²) < 4.78 is 0. The topological polar surface area (TPSA) is 43.1 Å². The first-order valence-electron chi connectivity index (χ1n) is 5.98. The van der Waals surface area contributed by atoms with Gasteiger partial charge in [-0.3, -0.25) is 10.1 Å². The fraction of sp³-hybridized carbons (Fsp3) is 0. The van der Waals surface area contributed by atoms with Gasteiger partial charge in [-0.1, -0.05) is 36.4 Å². The number of hydrogen-bond acceptors (Lipinski definition) is 2. The molecule has 0 aromatic heterocycles. The largest absolute Gasteiger partial charge is 0.269 e. The Kier molecular flexibility index (Phi) is 2.72. The summed E-state index contributed by atoms with van der Waals surface area (Å²) in [6.07, 6.45) is 0. The number of rotatable bonds is 2. The number of fused-ring (bicyclic) bond motifs is 1. The predicted molar refractivity (Wildman–Crippen MR) is 76.0 cm³/mol. The fourth-order valence-corrected chi connectivity index (χ4v) is 2.14. The van der Waals surface area contributed by atoms with Gasteiger partial charge in [0.25, 0.3) is 5.69 Å². The van der Waals surface area contributed by atoms with Gasteiger partial charge in [-0.05, 0) is 40.1 Å². The molecule has 0 aliphatic heterocycles. The lowest BCUT2D eigenvalue weighted by molar-refractivity contribution is -0.384. The van der Waals surface area contributed by atoms with Gasteiger partial charge in [0.05, 0.1) is 4.92 Å². The molecule has 19 heavy (non-hydrogen) atoms. The Morgan fingerprint density at radius 1 is 0.737 bits per heavy atom. The lowest BCUT2D eigenvalue weighted by Gasteiger charge is -2.04. The van der Waals surface area contributed by atoms with E-state index in [0.717, 1.165) is 11.1 Å². The monoisotopic (exact) mass is 249 g/mol. The Bertz CT molecular complexity index is 748. The Labute approximate surface area is 110 Å². The van der Waals surface area contributed by atoms with Gasteiger partial charge in [-0.25, -0.2) is 0 Å². The molecule has 0 saturated heterocycles. The van der Waals surface area contributed by atoms with Crippen LogP contribution in [0.2, 0.25) is 0 Å². The van der Waals surface area contributed by atoms with Crippen molar-refractivity contribution < 1.29 is 4.92 Å². The van der Waals surface area contributed by atoms with Crippen molar-refractivity contribution in [2.45, 2.75) is 0 Å². The molecule has 3 aromatic rings. The summed E-state index contributed by atoms with van der Waals surface area (Å²) >= 11 is 0. The summed E-state index contributed by atoms with van der Waals surface area (Å²) in [6.45, 7) is 0. The summed E-state index contributed by atoms with van der Waals surface area (Å²) in [5, 5.41) is 13.0. The van der Waals surface area contributed by atoms with Crippen LogP contribution in [-0.4, -0.2) is 4.92 Å². The summed E-state index contributed by atoms with van der Waals surface area (Å²) in [5.41, 5.74) is 2.16. The van der Waals surface area contributed by atoms with Gasteiger partial charge in [0.15, 0.2) is 0 Å². The highest BCUT2D eigenvalue weighted by molar-refractivity contribution is 5.87. The molecule has 0 N–H and O–H groups in total. The van der Waals surface area contributed by atoms with Gasteiger partial charge >= 0.3 is 0 Å². The van der Waals surface area contributed by atoms with E-state index in [1.165, 1.54) is 22.9 Å². The molecule has 92 valence electrons. The van der Waals surface area contributed by atoms with Crippen LogP contribution in [-0.2, 0) is 0 Å². The highest BCUT2D eigenvalue weighted by Gasteiger charge is 2.05. The standard InChI is InChI=1S/C16H11NO2/c18-17(19)16-9-7-13(8-10-16)15-6-5-12-3-1-2-4-14(12)11-15/h1-11H. The van der Waals surface area contributed by atoms with E-state index in [1.807, 2.05) is 18.2 Å². The molecule has 3 heteroatoms. The van der Waals surface area contributed by atoms with Crippen LogP contribution in [0.4, 0.5) is 5.69 Å². The minimum Gasteiger partial charge on any atom is -0.258 e. The van der Waals surface area contributed by atoms with E-state index in [4.69, 9.17) is 0 Å². The van der Waals surface area contributed by atoms with Gasteiger partial charge in [0.2, 0.25) is 0 Å². The molecule has 3 rings (SSSR count). The Balaban J connectivity index is 2.06. The quantitative estimate of drug-likeness (QED) is 0.498. The first-order chi connectivity index (χ1) is 9.24. The van der Waals surface area contributed by atoms with Crippen LogP contribution in [0.3, 0.4) is 0 Å². The average Bonchev–Trinajstić information content (AvgIpc) is 2.47. The van der Waals surface area contributed by atoms with E-state index >= 15 is 0 Å². The van der Waals surface area contributed by atoms with Crippen molar-refractivity contribution in [3.8, 4) is 11.1 Å². The predicted octanol–water partition coefficient (Wildman–Crippen LogP) is 4.42. The van der Waals surface area contributed by atoms with E-state index in [2.05, 4.69) is 24.3 Å². The first-order valence-corrected chi connectivity index (χ1v) is 5.98. The van der Waals surface area contributed by atoms with Crippen LogP contribution in [0, 0.1) is 10.1 Å². The van der Waals surface area contributed by atoms with Crippen LogP contribution in [0.25, 0.3) is 21.9 Å². The molecule has 0 saturated carbocycles. The molecule has 0 spiro atoms. The van der Waals surface area contributed by atoms with E-state index in [1.54, 1.807) is 12.1 Å². The molecule has 0 atom stereocenters. The maximum absolute atomic E-state index is 10.6. The second-order valence-electron chi connectivity index (χ2n) is 4.37. The zero-order valence-corrected chi connectivity index (χ0v) is 10.1. The SMILES string of the molecule is O=[N+]([O-])c1ccc(-c2ccc3ccccc3c2)cc1. The lowest BCUT2D eigenvalue weighted by atomic mass is 10.0. The highest BCUT2D eigenvalue weighted by Crippen LogP contribution is 2.25. The molecule has 0 unspecified atom stereocenters. The fourth-order valence-electron chi connectivity index (χ4n) is 2.14. The van der Waals surface area contributed by atoms with Crippen molar-refractivity contribution in [1.29, 1.82) is 0 Å². The zero-order chi connectivity index (χ0) is 13.2. The number of non-ortho nitro benzene ring substituents is 1. The van der Waals surface area contributed by atoms with Crippen molar-refractivity contribution >= 4 is 16.5 Å². The summed E-state index contributed by atoms with van der Waals surface area (Å²) in [4.78, 5) is 10.2. The van der Waals surface area contributed by atoms with Gasteiger partial charge < -0.3 is 0 Å². The summed E-state index contributed by atoms with van der Waals surface area (Å²) in [6, 6.07) is 20.9. The van der Waals surface area contributed by atoms with Gasteiger partial charge in [0.1, 0.15) is 0 Å². The number of nitro benzene ring substituents is 1. The smallest absolute Gasteiger partial charge is 0.258 e. The van der Waals surface area contributed by atoms with Crippen molar-refractivity contribution in [3.05, 3.63) is 76.8 Å². The maximum atomic E-state index is 10.6. The molecule has 0 heterocycles. The minimum absolute atomic E-state index is 0.115. The van der Waals surface area contributed by atoms with E-state index in [-0.39, 0.29) is 10.6 Å². The average molecular weight is 249 g/mol. The maximum Gasteiger partial charge on any atom is 0.269 e. The zero-order valence-electron chi connectivity index (χ0n) is 10.1. The first kappa shape index (κ1) is 11.4. The molecular weight excluding hydrogens is 238 g/mol. The van der Waals surface area contributed by atoms with Crippen LogP contribution in [0.5, 0.6) is 0 Å². The Morgan fingerprint density at radius 3 is 2.05 bits per heavy atom. The molecule has 0 amide bonds. The third-order valence-corrected chi connectivity index (χ3v) is 3.16. The Hall–Kier alpha value is -2.68. The minimum atomic E-state index is -0.385. The normalized spacial score (nSPS) is 10.5. The second-order valence-corrected chi connectivity index (χ2v) is 4.37. The van der Waals surface area contributed by atoms with Crippen LogP contribution in [0.1, 0.15) is 0 Å². The van der Waals surface area contributed by atoms with Gasteiger partial charge in [-0.2, -0.15) is 0 Å². The summed E-state index contributed by atoms with van der Waals surface area (Å²) in [7, 11) is 0. The molecule has 0 aliphatic rings. The lowest BCUT2D eigenvalue weighted by Crippen LogP contribution is -1.87. The molecule has 0 fully saturated rings. The Morgan fingerprint density at radius 2 is 1.37 bits per heavy atom. The third-order valence-electron chi connectivity index (χ3n) is 3.16. The highest BCUT2D eigenvalue weighted by atomic mass is 16.6. The van der Waals surface area contributed by atoms with Gasteiger partial charge in [0, 0.05) is 12.1 Å². The number of nitro groups is 1. The van der Waals surface area contributed by atoms with Crippen molar-refractivity contribution in [2.24, 2.45) is 0 Å². The molecule has 0 aliphatic carbocycles. The van der Waals surface area contributed by atoms with Crippen LogP contribution < -0.4 is 0 Å². The van der Waals surface area contributed by atoms with Crippen LogP contribution >= 0.6 is 0 Å². The number of benzene rings is 3. The second kappa shape index (κ2) is 4.53. The molecule has 3 nitrogen and oxygen atoms in total.